The van der Waals surface area contributed by atoms with Gasteiger partial charge >= 0.3 is 0 Å². The monoisotopic (exact) mass is 326 g/mol. The molecular weight excluding hydrogens is 311 g/mol. The molecule has 2 saturated heterocycles. The summed E-state index contributed by atoms with van der Waals surface area (Å²) in [5.74, 6) is 0.419. The number of carbonyl (C=O) groups excluding carboxylic acids is 2. The van der Waals surface area contributed by atoms with Crippen molar-refractivity contribution in [3.8, 4) is 0 Å². The molecular formula is C15H16Cl2N2O2. The summed E-state index contributed by atoms with van der Waals surface area (Å²) in [6, 6.07) is 5.11. The van der Waals surface area contributed by atoms with Crippen LogP contribution in [0.15, 0.2) is 18.2 Å². The van der Waals surface area contributed by atoms with Gasteiger partial charge in [0.05, 0.1) is 0 Å². The van der Waals surface area contributed by atoms with E-state index in [0.717, 1.165) is 12.8 Å². The number of amides is 2. The van der Waals surface area contributed by atoms with Gasteiger partial charge in [-0.1, -0.05) is 23.2 Å². The fraction of sp³-hybridized carbons (Fsp3) is 0.467. The minimum absolute atomic E-state index is 0.0465. The Bertz CT molecular complexity index is 571. The molecule has 2 heterocycles. The lowest BCUT2D eigenvalue weighted by molar-refractivity contribution is -0.125. The lowest BCUT2D eigenvalue weighted by atomic mass is 9.85. The highest BCUT2D eigenvalue weighted by atomic mass is 35.5. The average molecular weight is 327 g/mol. The number of hydrogen-bond acceptors (Lipinski definition) is 2. The average Bonchev–Trinajstić information content (AvgIpc) is 2.45. The summed E-state index contributed by atoms with van der Waals surface area (Å²) in [6.07, 6.45) is 2.19. The Balaban J connectivity index is 1.73. The molecule has 1 aromatic carbocycles. The van der Waals surface area contributed by atoms with Crippen LogP contribution in [-0.4, -0.2) is 35.8 Å². The summed E-state index contributed by atoms with van der Waals surface area (Å²) in [5.41, 5.74) is 0.519. The van der Waals surface area contributed by atoms with Gasteiger partial charge < -0.3 is 10.2 Å². The van der Waals surface area contributed by atoms with E-state index in [1.807, 2.05) is 4.90 Å². The van der Waals surface area contributed by atoms with Gasteiger partial charge in [0.1, 0.15) is 0 Å². The molecule has 0 aromatic heterocycles. The van der Waals surface area contributed by atoms with Crippen molar-refractivity contribution in [2.45, 2.75) is 25.3 Å². The minimum Gasteiger partial charge on any atom is -0.353 e. The van der Waals surface area contributed by atoms with Crippen LogP contribution in [0, 0.1) is 5.92 Å². The van der Waals surface area contributed by atoms with Crippen LogP contribution in [0.5, 0.6) is 0 Å². The van der Waals surface area contributed by atoms with Gasteiger partial charge in [-0.05, 0) is 37.0 Å². The highest BCUT2D eigenvalue weighted by molar-refractivity contribution is 6.35. The molecule has 0 bridgehead atoms. The maximum atomic E-state index is 12.6. The maximum absolute atomic E-state index is 12.6. The Labute approximate surface area is 133 Å². The predicted molar refractivity (Wildman–Crippen MR) is 81.6 cm³/mol. The Kier molecular flexibility index (Phi) is 4.09. The topological polar surface area (TPSA) is 49.4 Å². The van der Waals surface area contributed by atoms with Crippen molar-refractivity contribution in [3.63, 3.8) is 0 Å². The van der Waals surface area contributed by atoms with Gasteiger partial charge in [0.25, 0.3) is 5.91 Å². The number of rotatable bonds is 1. The number of nitrogens with one attached hydrogen (secondary N) is 1. The molecule has 0 aliphatic carbocycles. The van der Waals surface area contributed by atoms with Crippen LogP contribution in [0.2, 0.25) is 10.0 Å². The zero-order valence-corrected chi connectivity index (χ0v) is 13.0. The third kappa shape index (κ3) is 3.16. The fourth-order valence-electron chi connectivity index (χ4n) is 3.15. The van der Waals surface area contributed by atoms with Gasteiger partial charge in [-0.2, -0.15) is 0 Å². The van der Waals surface area contributed by atoms with Crippen LogP contribution in [0.25, 0.3) is 0 Å². The Morgan fingerprint density at radius 2 is 1.90 bits per heavy atom. The fourth-order valence-corrected chi connectivity index (χ4v) is 3.68. The molecule has 21 heavy (non-hydrogen) atoms. The van der Waals surface area contributed by atoms with Crippen LogP contribution in [-0.2, 0) is 4.79 Å². The zero-order valence-electron chi connectivity index (χ0n) is 11.4. The van der Waals surface area contributed by atoms with Gasteiger partial charge in [-0.15, -0.1) is 0 Å². The Hall–Kier alpha value is -1.26. The molecule has 0 radical (unpaired) electrons. The molecule has 2 amide bonds. The van der Waals surface area contributed by atoms with Crippen molar-refractivity contribution in [2.24, 2.45) is 5.92 Å². The van der Waals surface area contributed by atoms with Gasteiger partial charge in [0, 0.05) is 41.2 Å². The number of fused-ring (bicyclic) bond motifs is 1. The molecule has 4 nitrogen and oxygen atoms in total. The molecule has 112 valence electrons. The molecule has 2 aliphatic heterocycles. The minimum atomic E-state index is -0.0465. The Morgan fingerprint density at radius 3 is 2.62 bits per heavy atom. The third-order valence-corrected chi connectivity index (χ3v) is 4.66. The summed E-state index contributed by atoms with van der Waals surface area (Å²) in [6.45, 7) is 1.32. The number of halogens is 2. The second-order valence-corrected chi connectivity index (χ2v) is 6.54. The number of benzene rings is 1. The molecule has 2 atom stereocenters. The Morgan fingerprint density at radius 1 is 1.19 bits per heavy atom. The van der Waals surface area contributed by atoms with Crippen molar-refractivity contribution in [1.82, 2.24) is 10.2 Å². The molecule has 6 heteroatoms. The van der Waals surface area contributed by atoms with E-state index < -0.39 is 0 Å². The largest absolute Gasteiger partial charge is 0.353 e. The number of likely N-dealkylation sites (tertiary alicyclic amines) is 1. The molecule has 3 rings (SSSR count). The standard InChI is InChI=1S/C15H16Cl2N2O2/c16-11-5-10(6-12(17)7-11)15(21)19-4-3-13-9(8-19)1-2-14(20)18-13/h5-7,9,13H,1-4,8H2,(H,18,20). The number of carbonyl (C=O) groups is 2. The summed E-state index contributed by atoms with van der Waals surface area (Å²) < 4.78 is 0. The van der Waals surface area contributed by atoms with Crippen molar-refractivity contribution >= 4 is 35.0 Å². The zero-order chi connectivity index (χ0) is 15.0. The van der Waals surface area contributed by atoms with Crippen LogP contribution in [0.4, 0.5) is 0 Å². The van der Waals surface area contributed by atoms with Crippen LogP contribution < -0.4 is 5.32 Å². The van der Waals surface area contributed by atoms with Gasteiger partial charge in [0.15, 0.2) is 0 Å². The molecule has 2 unspecified atom stereocenters. The summed E-state index contributed by atoms with van der Waals surface area (Å²) in [4.78, 5) is 25.8. The summed E-state index contributed by atoms with van der Waals surface area (Å²) in [5, 5.41) is 3.94. The van der Waals surface area contributed by atoms with E-state index in [4.69, 9.17) is 23.2 Å². The summed E-state index contributed by atoms with van der Waals surface area (Å²) in [7, 11) is 0. The van der Waals surface area contributed by atoms with Gasteiger partial charge in [-0.25, -0.2) is 0 Å². The molecule has 2 fully saturated rings. The lowest BCUT2D eigenvalue weighted by Gasteiger charge is -2.41. The van der Waals surface area contributed by atoms with Crippen molar-refractivity contribution < 1.29 is 9.59 Å². The number of nitrogens with zero attached hydrogens (tertiary/aromatic N) is 1. The highest BCUT2D eigenvalue weighted by Gasteiger charge is 2.35. The van der Waals surface area contributed by atoms with Gasteiger partial charge in [-0.3, -0.25) is 9.59 Å². The van der Waals surface area contributed by atoms with Crippen molar-refractivity contribution in [3.05, 3.63) is 33.8 Å². The normalized spacial score (nSPS) is 25.2. The van der Waals surface area contributed by atoms with Gasteiger partial charge in [0.2, 0.25) is 5.91 Å². The first kappa shape index (κ1) is 14.7. The van der Waals surface area contributed by atoms with E-state index in [1.54, 1.807) is 18.2 Å². The first-order chi connectivity index (χ1) is 10.0. The molecule has 0 spiro atoms. The van der Waals surface area contributed by atoms with E-state index in [1.165, 1.54) is 0 Å². The lowest BCUT2D eigenvalue weighted by Crippen LogP contribution is -2.55. The number of hydrogen-bond donors (Lipinski definition) is 1. The van der Waals surface area contributed by atoms with Crippen LogP contribution in [0.3, 0.4) is 0 Å². The second-order valence-electron chi connectivity index (χ2n) is 5.67. The third-order valence-electron chi connectivity index (χ3n) is 4.22. The van der Waals surface area contributed by atoms with Crippen LogP contribution in [0.1, 0.15) is 29.6 Å². The molecule has 1 aromatic rings. The van der Waals surface area contributed by atoms with E-state index in [2.05, 4.69) is 5.32 Å². The summed E-state index contributed by atoms with van der Waals surface area (Å²) >= 11 is 11.9. The molecule has 2 aliphatic rings. The van der Waals surface area contributed by atoms with Crippen LogP contribution >= 0.6 is 23.2 Å². The van der Waals surface area contributed by atoms with E-state index >= 15 is 0 Å². The first-order valence-corrected chi connectivity index (χ1v) is 7.83. The van der Waals surface area contributed by atoms with Crippen molar-refractivity contribution in [1.29, 1.82) is 0 Å². The maximum Gasteiger partial charge on any atom is 0.253 e. The van der Waals surface area contributed by atoms with E-state index in [9.17, 15) is 9.59 Å². The number of piperidine rings is 2. The SMILES string of the molecule is O=C1CCC2CN(C(=O)c3cc(Cl)cc(Cl)c3)CCC2N1. The quantitative estimate of drug-likeness (QED) is 0.862. The molecule has 1 N–H and O–H groups in total. The van der Waals surface area contributed by atoms with Crippen molar-refractivity contribution in [2.75, 3.05) is 13.1 Å². The first-order valence-electron chi connectivity index (χ1n) is 7.07. The van der Waals surface area contributed by atoms with E-state index in [0.29, 0.717) is 41.0 Å². The van der Waals surface area contributed by atoms with E-state index in [-0.39, 0.29) is 17.9 Å². The molecule has 0 saturated carbocycles. The second kappa shape index (κ2) is 5.85. The smallest absolute Gasteiger partial charge is 0.253 e. The predicted octanol–water partition coefficient (Wildman–Crippen LogP) is 2.73. The highest BCUT2D eigenvalue weighted by Crippen LogP contribution is 2.27.